The normalized spacial score (nSPS) is 19.0. The average molecular weight is 630 g/mol. The van der Waals surface area contributed by atoms with Crippen molar-refractivity contribution in [3.63, 3.8) is 0 Å². The monoisotopic (exact) mass is 629 g/mol. The van der Waals surface area contributed by atoms with E-state index in [1.807, 2.05) is 19.1 Å². The second-order valence-corrected chi connectivity index (χ2v) is 12.5. The molecule has 3 heterocycles. The van der Waals surface area contributed by atoms with E-state index in [1.165, 1.54) is 27.7 Å². The fourth-order valence-electron chi connectivity index (χ4n) is 5.54. The van der Waals surface area contributed by atoms with Gasteiger partial charge in [0.1, 0.15) is 17.5 Å². The van der Waals surface area contributed by atoms with E-state index in [0.717, 1.165) is 28.7 Å². The van der Waals surface area contributed by atoms with E-state index in [9.17, 15) is 29.1 Å². The number of ether oxygens (including phenoxy) is 1. The standard InChI is InChI=1S/C32H27N3O7S2/c1-3-42-31(40)18-10-12-19(13-11-18)33-23(37)16-34-30-27(44-32(34)41)24(21-6-4-5-7-22(21)36)25-26(43-30)29(39)35(28(25)38)20-14-8-17(2)9-15-20/h4-15,24-26,36H,3,16H2,1-2H3,(H,33,37). The Morgan fingerprint density at radius 3 is 2.34 bits per heavy atom. The number of phenolic OH excluding ortho intramolecular Hbond substituents is 1. The second-order valence-electron chi connectivity index (χ2n) is 10.4. The maximum Gasteiger partial charge on any atom is 0.338 e. The molecule has 3 amide bonds. The van der Waals surface area contributed by atoms with Gasteiger partial charge in [0, 0.05) is 22.0 Å². The maximum atomic E-state index is 14.0. The Labute approximate surface area is 260 Å². The van der Waals surface area contributed by atoms with Gasteiger partial charge in [-0.05, 0) is 56.3 Å². The lowest BCUT2D eigenvalue weighted by Gasteiger charge is -2.31. The number of imide groups is 1. The molecule has 12 heteroatoms. The number of carbonyl (C=O) groups is 4. The summed E-state index contributed by atoms with van der Waals surface area (Å²) in [5.74, 6) is -3.50. The quantitative estimate of drug-likeness (QED) is 0.225. The lowest BCUT2D eigenvalue weighted by atomic mass is 9.82. The van der Waals surface area contributed by atoms with Gasteiger partial charge in [-0.2, -0.15) is 0 Å². The highest BCUT2D eigenvalue weighted by Crippen LogP contribution is 2.55. The Morgan fingerprint density at radius 2 is 1.66 bits per heavy atom. The number of thiazole rings is 1. The molecule has 3 unspecified atom stereocenters. The Hall–Kier alpha value is -4.68. The van der Waals surface area contributed by atoms with Crippen molar-refractivity contribution in [3.05, 3.63) is 104 Å². The van der Waals surface area contributed by atoms with Gasteiger partial charge in [0.25, 0.3) is 0 Å². The molecule has 2 aliphatic heterocycles. The van der Waals surface area contributed by atoms with E-state index in [0.29, 0.717) is 32.4 Å². The molecule has 0 aliphatic carbocycles. The van der Waals surface area contributed by atoms with Gasteiger partial charge in [0.05, 0.1) is 28.8 Å². The summed E-state index contributed by atoms with van der Waals surface area (Å²) < 4.78 is 6.29. The van der Waals surface area contributed by atoms with Crippen LogP contribution in [-0.4, -0.2) is 45.2 Å². The number of carbonyl (C=O) groups excluding carboxylic acids is 4. The largest absolute Gasteiger partial charge is 0.508 e. The van der Waals surface area contributed by atoms with Crippen LogP contribution in [0.2, 0.25) is 0 Å². The summed E-state index contributed by atoms with van der Waals surface area (Å²) in [5, 5.41) is 13.1. The van der Waals surface area contributed by atoms with Gasteiger partial charge in [0.15, 0.2) is 0 Å². The Bertz CT molecular complexity index is 1850. The number of hydrogen-bond acceptors (Lipinski definition) is 9. The molecule has 4 aromatic rings. The van der Waals surface area contributed by atoms with Gasteiger partial charge < -0.3 is 15.2 Å². The summed E-state index contributed by atoms with van der Waals surface area (Å²) in [6.07, 6.45) is 0. The zero-order valence-electron chi connectivity index (χ0n) is 23.7. The predicted molar refractivity (Wildman–Crippen MR) is 166 cm³/mol. The van der Waals surface area contributed by atoms with Gasteiger partial charge in [-0.1, -0.05) is 59.0 Å². The average Bonchev–Trinajstić information content (AvgIpc) is 3.45. The molecule has 44 heavy (non-hydrogen) atoms. The van der Waals surface area contributed by atoms with E-state index >= 15 is 0 Å². The molecular formula is C32H27N3O7S2. The lowest BCUT2D eigenvalue weighted by molar-refractivity contribution is -0.122. The zero-order chi connectivity index (χ0) is 31.1. The van der Waals surface area contributed by atoms with Crippen LogP contribution in [0.5, 0.6) is 5.75 Å². The van der Waals surface area contributed by atoms with Gasteiger partial charge in [-0.25, -0.2) is 9.69 Å². The minimum absolute atomic E-state index is 0.0560. The fraction of sp³-hybridized carbons (Fsp3) is 0.219. The second kappa shape index (κ2) is 11.8. The van der Waals surface area contributed by atoms with Gasteiger partial charge in [-0.15, -0.1) is 0 Å². The van der Waals surface area contributed by atoms with Crippen molar-refractivity contribution in [3.8, 4) is 5.75 Å². The molecule has 1 saturated heterocycles. The number of fused-ring (bicyclic) bond motifs is 2. The highest BCUT2D eigenvalue weighted by molar-refractivity contribution is 8.00. The van der Waals surface area contributed by atoms with E-state index in [1.54, 1.807) is 49.4 Å². The molecular weight excluding hydrogens is 603 g/mol. The molecule has 0 radical (unpaired) electrons. The highest BCUT2D eigenvalue weighted by atomic mass is 32.2. The summed E-state index contributed by atoms with van der Waals surface area (Å²) in [7, 11) is 0. The van der Waals surface area contributed by atoms with E-state index in [2.05, 4.69) is 5.32 Å². The molecule has 0 bridgehead atoms. The van der Waals surface area contributed by atoms with E-state index < -0.39 is 45.6 Å². The van der Waals surface area contributed by atoms with Crippen LogP contribution in [0, 0.1) is 12.8 Å². The molecule has 2 N–H and O–H groups in total. The number of amides is 3. The molecule has 3 aromatic carbocycles. The first-order valence-electron chi connectivity index (χ1n) is 13.9. The Balaban J connectivity index is 1.34. The number of nitrogens with one attached hydrogen (secondary N) is 1. The molecule has 6 rings (SSSR count). The highest BCUT2D eigenvalue weighted by Gasteiger charge is 2.57. The first-order chi connectivity index (χ1) is 21.2. The van der Waals surface area contributed by atoms with Gasteiger partial charge >= 0.3 is 10.8 Å². The number of rotatable bonds is 7. The summed E-state index contributed by atoms with van der Waals surface area (Å²) in [6, 6.07) is 19.8. The number of nitrogens with zero attached hydrogens (tertiary/aromatic N) is 2. The van der Waals surface area contributed by atoms with Crippen LogP contribution in [0.4, 0.5) is 11.4 Å². The van der Waals surface area contributed by atoms with Crippen molar-refractivity contribution in [2.45, 2.75) is 36.6 Å². The van der Waals surface area contributed by atoms with Crippen molar-refractivity contribution >= 4 is 58.2 Å². The first kappa shape index (κ1) is 29.4. The Morgan fingerprint density at radius 1 is 0.955 bits per heavy atom. The number of anilines is 2. The first-order valence-corrected chi connectivity index (χ1v) is 15.6. The van der Waals surface area contributed by atoms with Crippen LogP contribution in [0.1, 0.15) is 39.2 Å². The summed E-state index contributed by atoms with van der Waals surface area (Å²) in [5.41, 5.74) is 2.61. The number of aryl methyl sites for hydroxylation is 1. The van der Waals surface area contributed by atoms with Crippen LogP contribution in [0.3, 0.4) is 0 Å². The maximum absolute atomic E-state index is 14.0. The van der Waals surface area contributed by atoms with Gasteiger partial charge in [-0.3, -0.25) is 23.7 Å². The summed E-state index contributed by atoms with van der Waals surface area (Å²) in [6.45, 7) is 3.52. The molecule has 0 saturated carbocycles. The molecule has 0 spiro atoms. The number of aromatic hydroxyl groups is 1. The molecule has 1 fully saturated rings. The predicted octanol–water partition coefficient (Wildman–Crippen LogP) is 4.54. The van der Waals surface area contributed by atoms with Crippen LogP contribution >= 0.6 is 23.1 Å². The summed E-state index contributed by atoms with van der Waals surface area (Å²) >= 11 is 2.00. The number of para-hydroxylation sites is 1. The minimum atomic E-state index is -0.875. The number of thioether (sulfide) groups is 1. The molecule has 1 aromatic heterocycles. The number of phenols is 1. The van der Waals surface area contributed by atoms with Crippen LogP contribution in [0.25, 0.3) is 0 Å². The molecule has 2 aliphatic rings. The van der Waals surface area contributed by atoms with Crippen LogP contribution in [-0.2, 0) is 25.7 Å². The minimum Gasteiger partial charge on any atom is -0.508 e. The topological polar surface area (TPSA) is 135 Å². The number of hydrogen-bond donors (Lipinski definition) is 2. The van der Waals surface area contributed by atoms with Crippen molar-refractivity contribution in [1.82, 2.24) is 4.57 Å². The van der Waals surface area contributed by atoms with E-state index in [-0.39, 0.29) is 18.9 Å². The number of esters is 1. The SMILES string of the molecule is CCOC(=O)c1ccc(NC(=O)Cn2c3c(sc2=O)C(c2ccccc2O)C2C(=O)N(c4ccc(C)cc4)C(=O)C2S3)cc1. The molecule has 224 valence electrons. The van der Waals surface area contributed by atoms with Crippen molar-refractivity contribution in [2.24, 2.45) is 5.92 Å². The molecule has 3 atom stereocenters. The molecule has 10 nitrogen and oxygen atoms in total. The summed E-state index contributed by atoms with van der Waals surface area (Å²) in [4.78, 5) is 67.4. The lowest BCUT2D eigenvalue weighted by Crippen LogP contribution is -2.33. The van der Waals surface area contributed by atoms with Crippen LogP contribution < -0.4 is 15.1 Å². The third-order valence-corrected chi connectivity index (χ3v) is 10.2. The number of aromatic nitrogens is 1. The van der Waals surface area contributed by atoms with E-state index in [4.69, 9.17) is 4.74 Å². The van der Waals surface area contributed by atoms with Crippen molar-refractivity contribution in [2.75, 3.05) is 16.8 Å². The number of benzene rings is 3. The van der Waals surface area contributed by atoms with Crippen molar-refractivity contribution < 1.29 is 29.0 Å². The zero-order valence-corrected chi connectivity index (χ0v) is 25.3. The van der Waals surface area contributed by atoms with Crippen LogP contribution in [0.15, 0.2) is 82.6 Å². The Kier molecular flexibility index (Phi) is 7.87. The van der Waals surface area contributed by atoms with Gasteiger partial charge in [0.2, 0.25) is 17.7 Å². The third-order valence-electron chi connectivity index (χ3n) is 7.59. The smallest absolute Gasteiger partial charge is 0.338 e. The van der Waals surface area contributed by atoms with Crippen molar-refractivity contribution in [1.29, 1.82) is 0 Å². The third kappa shape index (κ3) is 5.20. The fourth-order valence-corrected chi connectivity index (χ4v) is 8.30.